The molecule has 0 spiro atoms. The Morgan fingerprint density at radius 2 is 2.25 bits per heavy atom. The highest BCUT2D eigenvalue weighted by molar-refractivity contribution is 7.13. The summed E-state index contributed by atoms with van der Waals surface area (Å²) in [5.41, 5.74) is 1.11. The van der Waals surface area contributed by atoms with E-state index in [0.717, 1.165) is 41.9 Å². The number of hydrogen-bond acceptors (Lipinski definition) is 5. The van der Waals surface area contributed by atoms with Gasteiger partial charge in [-0.05, 0) is 38.9 Å². The lowest BCUT2D eigenvalue weighted by Gasteiger charge is -2.14. The number of aryl methyl sites for hydroxylation is 1. The molecule has 20 heavy (non-hydrogen) atoms. The summed E-state index contributed by atoms with van der Waals surface area (Å²) in [4.78, 5) is 6.83. The van der Waals surface area contributed by atoms with Crippen LogP contribution in [0.5, 0.6) is 0 Å². The lowest BCUT2D eigenvalue weighted by atomic mass is 10.2. The first kappa shape index (κ1) is 15.1. The molecule has 0 aliphatic heterocycles. The first-order valence-electron chi connectivity index (χ1n) is 7.05. The molecule has 1 N–H and O–H groups in total. The average molecular weight is 293 g/mol. The minimum atomic E-state index is 0.305. The summed E-state index contributed by atoms with van der Waals surface area (Å²) >= 11 is 1.68. The second-order valence-corrected chi connectivity index (χ2v) is 5.94. The number of rotatable bonds is 7. The Morgan fingerprint density at radius 1 is 1.45 bits per heavy atom. The van der Waals surface area contributed by atoms with Gasteiger partial charge in [-0.1, -0.05) is 6.92 Å². The van der Waals surface area contributed by atoms with Gasteiger partial charge in [0.15, 0.2) is 5.13 Å². The maximum atomic E-state index is 5.61. The minimum absolute atomic E-state index is 0.305. The van der Waals surface area contributed by atoms with Crippen molar-refractivity contribution in [3.63, 3.8) is 0 Å². The van der Waals surface area contributed by atoms with Gasteiger partial charge >= 0.3 is 0 Å². The molecular formula is C15H23N3OS. The standard InChI is InChI=1S/C15H23N3OS/c1-5-8-16-12(3)14-10-20-15(17-14)18(4)9-13-7-6-11(2)19-13/h6-7,10,12,16H,5,8-9H2,1-4H3. The van der Waals surface area contributed by atoms with Crippen molar-refractivity contribution in [2.24, 2.45) is 0 Å². The molecule has 0 amide bonds. The summed E-state index contributed by atoms with van der Waals surface area (Å²) in [6.45, 7) is 8.06. The fourth-order valence-electron chi connectivity index (χ4n) is 1.99. The van der Waals surface area contributed by atoms with Crippen molar-refractivity contribution < 1.29 is 4.42 Å². The lowest BCUT2D eigenvalue weighted by Crippen LogP contribution is -2.20. The lowest BCUT2D eigenvalue weighted by molar-refractivity contribution is 0.481. The SMILES string of the molecule is CCCNC(C)c1csc(N(C)Cc2ccc(C)o2)n1. The fourth-order valence-corrected chi connectivity index (χ4v) is 2.87. The first-order valence-corrected chi connectivity index (χ1v) is 7.93. The van der Waals surface area contributed by atoms with Gasteiger partial charge in [-0.3, -0.25) is 0 Å². The maximum absolute atomic E-state index is 5.61. The molecule has 1 atom stereocenters. The van der Waals surface area contributed by atoms with Gasteiger partial charge < -0.3 is 14.6 Å². The van der Waals surface area contributed by atoms with Crippen LogP contribution in [-0.4, -0.2) is 18.6 Å². The summed E-state index contributed by atoms with van der Waals surface area (Å²) in [5, 5.41) is 6.62. The van der Waals surface area contributed by atoms with Crippen molar-refractivity contribution in [1.29, 1.82) is 0 Å². The molecule has 110 valence electrons. The van der Waals surface area contributed by atoms with Crippen LogP contribution < -0.4 is 10.2 Å². The van der Waals surface area contributed by atoms with Crippen LogP contribution in [0, 0.1) is 6.92 Å². The Labute approximate surface area is 124 Å². The van der Waals surface area contributed by atoms with Gasteiger partial charge in [-0.2, -0.15) is 0 Å². The summed E-state index contributed by atoms with van der Waals surface area (Å²) in [6, 6.07) is 4.32. The smallest absolute Gasteiger partial charge is 0.185 e. The third-order valence-corrected chi connectivity index (χ3v) is 4.14. The number of nitrogens with one attached hydrogen (secondary N) is 1. The van der Waals surface area contributed by atoms with Gasteiger partial charge in [0.1, 0.15) is 11.5 Å². The third kappa shape index (κ3) is 3.84. The van der Waals surface area contributed by atoms with E-state index in [0.29, 0.717) is 6.04 Å². The molecule has 0 saturated carbocycles. The highest BCUT2D eigenvalue weighted by Gasteiger charge is 2.13. The van der Waals surface area contributed by atoms with Gasteiger partial charge in [0, 0.05) is 18.5 Å². The number of furan rings is 1. The first-order chi connectivity index (χ1) is 9.60. The Balaban J connectivity index is 1.97. The summed E-state index contributed by atoms with van der Waals surface area (Å²) < 4.78 is 5.61. The van der Waals surface area contributed by atoms with Crippen molar-refractivity contribution in [2.75, 3.05) is 18.5 Å². The molecule has 5 heteroatoms. The average Bonchev–Trinajstić information content (AvgIpc) is 3.05. The Kier molecular flexibility index (Phi) is 5.20. The number of hydrogen-bond donors (Lipinski definition) is 1. The fraction of sp³-hybridized carbons (Fsp3) is 0.533. The molecule has 2 aromatic heterocycles. The summed E-state index contributed by atoms with van der Waals surface area (Å²) in [5.74, 6) is 1.92. The van der Waals surface area contributed by atoms with Crippen LogP contribution in [0.15, 0.2) is 21.9 Å². The van der Waals surface area contributed by atoms with E-state index in [1.807, 2.05) is 26.1 Å². The van der Waals surface area contributed by atoms with Crippen LogP contribution in [0.3, 0.4) is 0 Å². The molecule has 0 aliphatic carbocycles. The quantitative estimate of drug-likeness (QED) is 0.844. The topological polar surface area (TPSA) is 41.3 Å². The molecular weight excluding hydrogens is 270 g/mol. The molecule has 2 heterocycles. The molecule has 0 aromatic carbocycles. The van der Waals surface area contributed by atoms with Crippen molar-refractivity contribution in [3.05, 3.63) is 34.7 Å². The van der Waals surface area contributed by atoms with E-state index in [-0.39, 0.29) is 0 Å². The number of thiazole rings is 1. The summed E-state index contributed by atoms with van der Waals surface area (Å²) in [7, 11) is 2.05. The third-order valence-electron chi connectivity index (χ3n) is 3.17. The van der Waals surface area contributed by atoms with Crippen molar-refractivity contribution in [3.8, 4) is 0 Å². The highest BCUT2D eigenvalue weighted by atomic mass is 32.1. The normalized spacial score (nSPS) is 12.6. The van der Waals surface area contributed by atoms with Crippen LogP contribution in [0.1, 0.15) is 43.5 Å². The second-order valence-electron chi connectivity index (χ2n) is 5.10. The molecule has 2 rings (SSSR count). The van der Waals surface area contributed by atoms with Crippen molar-refractivity contribution >= 4 is 16.5 Å². The van der Waals surface area contributed by atoms with Crippen molar-refractivity contribution in [1.82, 2.24) is 10.3 Å². The molecule has 0 fully saturated rings. The van der Waals surface area contributed by atoms with E-state index in [1.54, 1.807) is 11.3 Å². The molecule has 1 unspecified atom stereocenters. The van der Waals surface area contributed by atoms with Crippen LogP contribution in [0.25, 0.3) is 0 Å². The molecule has 0 bridgehead atoms. The van der Waals surface area contributed by atoms with E-state index in [9.17, 15) is 0 Å². The van der Waals surface area contributed by atoms with Gasteiger partial charge in [-0.15, -0.1) is 11.3 Å². The molecule has 2 aromatic rings. The van der Waals surface area contributed by atoms with Crippen molar-refractivity contribution in [2.45, 2.75) is 39.8 Å². The second kappa shape index (κ2) is 6.90. The Hall–Kier alpha value is -1.33. The Bertz CT molecular complexity index is 535. The van der Waals surface area contributed by atoms with Gasteiger partial charge in [0.25, 0.3) is 0 Å². The summed E-state index contributed by atoms with van der Waals surface area (Å²) in [6.07, 6.45) is 1.14. The van der Waals surface area contributed by atoms with E-state index >= 15 is 0 Å². The van der Waals surface area contributed by atoms with Crippen LogP contribution >= 0.6 is 11.3 Å². The molecule has 0 aliphatic rings. The molecule has 0 saturated heterocycles. The molecule has 4 nitrogen and oxygen atoms in total. The van der Waals surface area contributed by atoms with E-state index in [2.05, 4.69) is 29.4 Å². The monoisotopic (exact) mass is 293 g/mol. The Morgan fingerprint density at radius 3 is 2.90 bits per heavy atom. The van der Waals surface area contributed by atoms with Crippen LogP contribution in [0.2, 0.25) is 0 Å². The zero-order valence-corrected chi connectivity index (χ0v) is 13.5. The van der Waals surface area contributed by atoms with E-state index in [1.165, 1.54) is 0 Å². The highest BCUT2D eigenvalue weighted by Crippen LogP contribution is 2.24. The zero-order valence-electron chi connectivity index (χ0n) is 12.6. The number of aromatic nitrogens is 1. The zero-order chi connectivity index (χ0) is 14.5. The molecule has 0 radical (unpaired) electrons. The number of anilines is 1. The van der Waals surface area contributed by atoms with E-state index < -0.39 is 0 Å². The largest absolute Gasteiger partial charge is 0.464 e. The minimum Gasteiger partial charge on any atom is -0.464 e. The van der Waals surface area contributed by atoms with Crippen LogP contribution in [0.4, 0.5) is 5.13 Å². The predicted octanol–water partition coefficient (Wildman–Crippen LogP) is 3.74. The van der Waals surface area contributed by atoms with Gasteiger partial charge in [0.2, 0.25) is 0 Å². The maximum Gasteiger partial charge on any atom is 0.185 e. The predicted molar refractivity (Wildman–Crippen MR) is 84.4 cm³/mol. The van der Waals surface area contributed by atoms with E-state index in [4.69, 9.17) is 9.40 Å². The van der Waals surface area contributed by atoms with Crippen LogP contribution in [-0.2, 0) is 6.54 Å². The van der Waals surface area contributed by atoms with Gasteiger partial charge in [0.05, 0.1) is 12.2 Å². The number of nitrogens with zero attached hydrogens (tertiary/aromatic N) is 2. The van der Waals surface area contributed by atoms with Gasteiger partial charge in [-0.25, -0.2) is 4.98 Å².